The number of rotatable bonds is 2. The van der Waals surface area contributed by atoms with Gasteiger partial charge < -0.3 is 14.7 Å². The van der Waals surface area contributed by atoms with Gasteiger partial charge in [-0.15, -0.1) is 12.4 Å². The van der Waals surface area contributed by atoms with Crippen molar-refractivity contribution in [3.63, 3.8) is 0 Å². The van der Waals surface area contributed by atoms with Crippen molar-refractivity contribution in [1.82, 2.24) is 15.4 Å². The highest BCUT2D eigenvalue weighted by Crippen LogP contribution is 2.26. The average molecular weight is 342 g/mol. The Morgan fingerprint density at radius 2 is 2.27 bits per heavy atom. The molecule has 1 aromatic heterocycles. The third-order valence-corrected chi connectivity index (χ3v) is 3.82. The Hall–Kier alpha value is -1.56. The Balaban J connectivity index is 0.00000176. The van der Waals surface area contributed by atoms with E-state index in [0.717, 1.165) is 12.1 Å². The minimum atomic E-state index is -0.113. The summed E-state index contributed by atoms with van der Waals surface area (Å²) in [6.07, 6.45) is 0. The van der Waals surface area contributed by atoms with Crippen LogP contribution in [-0.2, 0) is 0 Å². The summed E-state index contributed by atoms with van der Waals surface area (Å²) in [5, 5.41) is 7.81. The van der Waals surface area contributed by atoms with Crippen LogP contribution in [0.4, 0.5) is 0 Å². The number of benzene rings is 1. The number of nitrogens with one attached hydrogen (secondary N) is 1. The highest BCUT2D eigenvalue weighted by Gasteiger charge is 2.30. The van der Waals surface area contributed by atoms with Gasteiger partial charge in [-0.3, -0.25) is 4.79 Å². The van der Waals surface area contributed by atoms with Gasteiger partial charge >= 0.3 is 0 Å². The lowest BCUT2D eigenvalue weighted by atomic mass is 10.0. The number of amides is 1. The van der Waals surface area contributed by atoms with Crippen molar-refractivity contribution < 1.29 is 9.32 Å². The van der Waals surface area contributed by atoms with Gasteiger partial charge in [0, 0.05) is 30.7 Å². The molecule has 1 saturated heterocycles. The molecule has 1 aliphatic rings. The molecule has 0 saturated carbocycles. The third kappa shape index (κ3) is 3.43. The summed E-state index contributed by atoms with van der Waals surface area (Å²) in [6.45, 7) is 3.86. The molecule has 1 amide bonds. The van der Waals surface area contributed by atoms with Gasteiger partial charge in [-0.2, -0.15) is 0 Å². The van der Waals surface area contributed by atoms with Gasteiger partial charge in [0.05, 0.1) is 6.04 Å². The number of carbonyl (C=O) groups is 1. The number of aromatic nitrogens is 1. The maximum atomic E-state index is 12.6. The largest absolute Gasteiger partial charge is 0.361 e. The summed E-state index contributed by atoms with van der Waals surface area (Å²) in [4.78, 5) is 14.4. The predicted octanol–water partition coefficient (Wildman–Crippen LogP) is 2.84. The number of halogens is 2. The molecule has 0 aliphatic carbocycles. The van der Waals surface area contributed by atoms with Gasteiger partial charge in [0.2, 0.25) is 0 Å². The fourth-order valence-corrected chi connectivity index (χ4v) is 2.77. The van der Waals surface area contributed by atoms with E-state index in [-0.39, 0.29) is 24.4 Å². The monoisotopic (exact) mass is 341 g/mol. The molecule has 2 aromatic rings. The Morgan fingerprint density at radius 1 is 1.45 bits per heavy atom. The first-order chi connectivity index (χ1) is 10.1. The molecule has 0 bridgehead atoms. The summed E-state index contributed by atoms with van der Waals surface area (Å²) in [7, 11) is 0. The topological polar surface area (TPSA) is 58.4 Å². The molecule has 3 rings (SSSR count). The van der Waals surface area contributed by atoms with E-state index in [1.807, 2.05) is 29.2 Å². The Labute approximate surface area is 140 Å². The molecule has 1 aliphatic heterocycles. The first kappa shape index (κ1) is 16.8. The van der Waals surface area contributed by atoms with Crippen molar-refractivity contribution in [2.24, 2.45) is 0 Å². The standard InChI is InChI=1S/C15H16ClN3O2.ClH/c1-10-7-13(18-21-10)15(20)19-6-5-17-9-14(19)11-3-2-4-12(16)8-11;/h2-4,7-8,14,17H,5-6,9H2,1H3;1H. The van der Waals surface area contributed by atoms with E-state index < -0.39 is 0 Å². The molecule has 0 radical (unpaired) electrons. The number of carbonyl (C=O) groups excluding carboxylic acids is 1. The maximum absolute atomic E-state index is 12.6. The zero-order valence-electron chi connectivity index (χ0n) is 12.1. The van der Waals surface area contributed by atoms with Gasteiger partial charge in [0.1, 0.15) is 5.76 Å². The number of hydrogen-bond donors (Lipinski definition) is 1. The molecular weight excluding hydrogens is 325 g/mol. The van der Waals surface area contributed by atoms with Crippen LogP contribution in [0.5, 0.6) is 0 Å². The summed E-state index contributed by atoms with van der Waals surface area (Å²) < 4.78 is 5.00. The van der Waals surface area contributed by atoms with E-state index in [1.165, 1.54) is 0 Å². The van der Waals surface area contributed by atoms with E-state index in [1.54, 1.807) is 13.0 Å². The van der Waals surface area contributed by atoms with Crippen LogP contribution in [0.1, 0.15) is 27.9 Å². The second-order valence-corrected chi connectivity index (χ2v) is 5.53. The second-order valence-electron chi connectivity index (χ2n) is 5.10. The summed E-state index contributed by atoms with van der Waals surface area (Å²) in [6, 6.07) is 9.22. The molecule has 1 aromatic carbocycles. The molecule has 0 spiro atoms. The number of aryl methyl sites for hydroxylation is 1. The SMILES string of the molecule is Cc1cc(C(=O)N2CCNCC2c2cccc(Cl)c2)no1.Cl. The molecule has 1 fully saturated rings. The van der Waals surface area contributed by atoms with E-state index in [2.05, 4.69) is 10.5 Å². The average Bonchev–Trinajstić information content (AvgIpc) is 2.93. The molecule has 1 N–H and O–H groups in total. The number of piperazine rings is 1. The zero-order valence-corrected chi connectivity index (χ0v) is 13.7. The van der Waals surface area contributed by atoms with Gasteiger partial charge in [-0.05, 0) is 24.6 Å². The van der Waals surface area contributed by atoms with Crippen molar-refractivity contribution in [3.8, 4) is 0 Å². The van der Waals surface area contributed by atoms with E-state index in [9.17, 15) is 4.79 Å². The molecule has 22 heavy (non-hydrogen) atoms. The van der Waals surface area contributed by atoms with Crippen LogP contribution in [0.15, 0.2) is 34.9 Å². The third-order valence-electron chi connectivity index (χ3n) is 3.58. The normalized spacial score (nSPS) is 17.9. The maximum Gasteiger partial charge on any atom is 0.276 e. The Kier molecular flexibility index (Phi) is 5.45. The van der Waals surface area contributed by atoms with Gasteiger partial charge in [0.15, 0.2) is 5.69 Å². The summed E-state index contributed by atoms with van der Waals surface area (Å²) in [5.41, 5.74) is 1.37. The molecule has 1 unspecified atom stereocenters. The highest BCUT2D eigenvalue weighted by atomic mass is 35.5. The fraction of sp³-hybridized carbons (Fsp3) is 0.333. The van der Waals surface area contributed by atoms with Crippen molar-refractivity contribution in [3.05, 3.63) is 52.4 Å². The minimum absolute atomic E-state index is 0. The fourth-order valence-electron chi connectivity index (χ4n) is 2.57. The van der Waals surface area contributed by atoms with Crippen molar-refractivity contribution in [1.29, 1.82) is 0 Å². The molecule has 5 nitrogen and oxygen atoms in total. The van der Waals surface area contributed by atoms with Crippen LogP contribution in [0.3, 0.4) is 0 Å². The van der Waals surface area contributed by atoms with Crippen LogP contribution in [0, 0.1) is 6.92 Å². The van der Waals surface area contributed by atoms with Crippen LogP contribution in [0.25, 0.3) is 0 Å². The first-order valence-electron chi connectivity index (χ1n) is 6.85. The van der Waals surface area contributed by atoms with Crippen molar-refractivity contribution in [2.45, 2.75) is 13.0 Å². The van der Waals surface area contributed by atoms with Gasteiger partial charge in [-0.25, -0.2) is 0 Å². The second kappa shape index (κ2) is 7.13. The van der Waals surface area contributed by atoms with E-state index in [0.29, 0.717) is 29.6 Å². The lowest BCUT2D eigenvalue weighted by Crippen LogP contribution is -2.48. The first-order valence-corrected chi connectivity index (χ1v) is 7.23. The molecule has 118 valence electrons. The predicted molar refractivity (Wildman–Crippen MR) is 86.6 cm³/mol. The lowest BCUT2D eigenvalue weighted by Gasteiger charge is -2.36. The van der Waals surface area contributed by atoms with Crippen LogP contribution in [0.2, 0.25) is 5.02 Å². The highest BCUT2D eigenvalue weighted by molar-refractivity contribution is 6.30. The Bertz CT molecular complexity index is 660. The minimum Gasteiger partial charge on any atom is -0.361 e. The summed E-state index contributed by atoms with van der Waals surface area (Å²) >= 11 is 6.06. The van der Waals surface area contributed by atoms with Crippen LogP contribution in [-0.4, -0.2) is 35.6 Å². The quantitative estimate of drug-likeness (QED) is 0.912. The number of hydrogen-bond acceptors (Lipinski definition) is 4. The van der Waals surface area contributed by atoms with E-state index in [4.69, 9.17) is 16.1 Å². The molecule has 7 heteroatoms. The van der Waals surface area contributed by atoms with E-state index >= 15 is 0 Å². The number of nitrogens with zero attached hydrogens (tertiary/aromatic N) is 2. The van der Waals surface area contributed by atoms with Crippen LogP contribution >= 0.6 is 24.0 Å². The van der Waals surface area contributed by atoms with Gasteiger partial charge in [0.25, 0.3) is 5.91 Å². The molecular formula is C15H17Cl2N3O2. The lowest BCUT2D eigenvalue weighted by molar-refractivity contribution is 0.0623. The molecule has 2 heterocycles. The van der Waals surface area contributed by atoms with Crippen molar-refractivity contribution >= 4 is 29.9 Å². The van der Waals surface area contributed by atoms with Crippen LogP contribution < -0.4 is 5.32 Å². The van der Waals surface area contributed by atoms with Crippen molar-refractivity contribution in [2.75, 3.05) is 19.6 Å². The Morgan fingerprint density at radius 3 is 2.95 bits per heavy atom. The zero-order chi connectivity index (χ0) is 14.8. The van der Waals surface area contributed by atoms with Gasteiger partial charge in [-0.1, -0.05) is 28.9 Å². The smallest absolute Gasteiger partial charge is 0.276 e. The summed E-state index contributed by atoms with van der Waals surface area (Å²) in [5.74, 6) is 0.520. The molecule has 1 atom stereocenters.